The number of pyridine rings is 2. The maximum absolute atomic E-state index is 13.9. The van der Waals surface area contributed by atoms with Crippen LogP contribution in [0.1, 0.15) is 61.8 Å². The predicted octanol–water partition coefficient (Wildman–Crippen LogP) is 5.18. The van der Waals surface area contributed by atoms with Crippen LogP contribution in [0.15, 0.2) is 35.1 Å². The van der Waals surface area contributed by atoms with Crippen molar-refractivity contribution in [2.24, 2.45) is 13.0 Å². The molecule has 5 rings (SSSR count). The molecule has 0 spiro atoms. The number of halogens is 1. The first-order chi connectivity index (χ1) is 18.3. The molecule has 0 saturated heterocycles. The van der Waals surface area contributed by atoms with Gasteiger partial charge in [-0.1, -0.05) is 6.42 Å². The first-order valence-electron chi connectivity index (χ1n) is 13.4. The van der Waals surface area contributed by atoms with E-state index in [1.165, 1.54) is 23.8 Å². The fourth-order valence-electron chi connectivity index (χ4n) is 6.18. The second-order valence-electron chi connectivity index (χ2n) is 10.8. The smallest absolute Gasteiger partial charge is 0.270 e. The number of anilines is 2. The topological polar surface area (TPSA) is 89.0 Å². The number of aryl methyl sites for hydroxylation is 2. The summed E-state index contributed by atoms with van der Waals surface area (Å²) in [6.07, 6.45) is 7.48. The lowest BCUT2D eigenvalue weighted by atomic mass is 9.83. The van der Waals surface area contributed by atoms with Crippen LogP contribution in [0, 0.1) is 41.3 Å². The zero-order valence-electron chi connectivity index (χ0n) is 22.2. The lowest BCUT2D eigenvalue weighted by molar-refractivity contribution is 0.290. The molecule has 0 N–H and O–H groups in total. The van der Waals surface area contributed by atoms with Gasteiger partial charge in [-0.05, 0) is 87.3 Å². The molecular weight excluding hydrogens is 479 g/mol. The van der Waals surface area contributed by atoms with Crippen LogP contribution in [-0.2, 0) is 7.05 Å². The molecule has 2 aliphatic rings. The van der Waals surface area contributed by atoms with Gasteiger partial charge in [0.1, 0.15) is 34.7 Å². The lowest BCUT2D eigenvalue weighted by Gasteiger charge is -2.44. The molecule has 0 unspecified atom stereocenters. The summed E-state index contributed by atoms with van der Waals surface area (Å²) in [4.78, 5) is 22.1. The second kappa shape index (κ2) is 10.5. The molecule has 7 nitrogen and oxygen atoms in total. The van der Waals surface area contributed by atoms with Gasteiger partial charge in [-0.25, -0.2) is 9.37 Å². The summed E-state index contributed by atoms with van der Waals surface area (Å²) in [6, 6.07) is 13.1. The number of benzene rings is 1. The third-order valence-electron chi connectivity index (χ3n) is 8.60. The quantitative estimate of drug-likeness (QED) is 0.452. The average molecular weight is 513 g/mol. The van der Waals surface area contributed by atoms with Crippen LogP contribution in [0.4, 0.5) is 15.8 Å². The molecule has 0 amide bonds. The van der Waals surface area contributed by atoms with Crippen LogP contribution in [0.25, 0.3) is 11.0 Å². The van der Waals surface area contributed by atoms with Crippen LogP contribution in [-0.4, -0.2) is 35.2 Å². The molecule has 2 aliphatic carbocycles. The van der Waals surface area contributed by atoms with Crippen molar-refractivity contribution in [3.63, 3.8) is 0 Å². The number of hydrogen-bond donors (Lipinski definition) is 0. The van der Waals surface area contributed by atoms with E-state index in [0.717, 1.165) is 43.5 Å². The number of nitrogens with zero attached hydrogens (tertiary/aromatic N) is 6. The zero-order chi connectivity index (χ0) is 27.0. The third kappa shape index (κ3) is 4.60. The highest BCUT2D eigenvalue weighted by Crippen LogP contribution is 2.37. The first-order valence-corrected chi connectivity index (χ1v) is 13.4. The summed E-state index contributed by atoms with van der Waals surface area (Å²) in [5.74, 6) is 0.480. The normalized spacial score (nSPS) is 19.4. The largest absolute Gasteiger partial charge is 0.369 e. The predicted molar refractivity (Wildman–Crippen MR) is 147 cm³/mol. The van der Waals surface area contributed by atoms with E-state index in [-0.39, 0.29) is 28.7 Å². The summed E-state index contributed by atoms with van der Waals surface area (Å²) in [7, 11) is 3.55. The molecule has 196 valence electrons. The van der Waals surface area contributed by atoms with E-state index in [1.54, 1.807) is 31.3 Å². The summed E-state index contributed by atoms with van der Waals surface area (Å²) in [5, 5.41) is 19.4. The minimum atomic E-state index is -0.361. The van der Waals surface area contributed by atoms with E-state index in [9.17, 15) is 19.7 Å². The highest BCUT2D eigenvalue weighted by Gasteiger charge is 2.33. The van der Waals surface area contributed by atoms with Gasteiger partial charge in [0.05, 0.1) is 11.2 Å². The van der Waals surface area contributed by atoms with Gasteiger partial charge in [0.15, 0.2) is 0 Å². The molecular formula is C30H33FN6O. The number of rotatable bonds is 6. The van der Waals surface area contributed by atoms with Crippen molar-refractivity contribution >= 4 is 22.4 Å². The maximum atomic E-state index is 13.9. The van der Waals surface area contributed by atoms with Gasteiger partial charge >= 0.3 is 0 Å². The summed E-state index contributed by atoms with van der Waals surface area (Å²) in [5.41, 5.74) is 3.64. The number of nitriles is 2. The van der Waals surface area contributed by atoms with Crippen molar-refractivity contribution in [1.82, 2.24) is 9.55 Å². The highest BCUT2D eigenvalue weighted by atomic mass is 19.1. The van der Waals surface area contributed by atoms with E-state index < -0.39 is 0 Å². The average Bonchev–Trinajstić information content (AvgIpc) is 2.90. The fraction of sp³-hybridized carbons (Fsp3) is 0.467. The number of hydrogen-bond acceptors (Lipinski definition) is 6. The summed E-state index contributed by atoms with van der Waals surface area (Å²) in [6.45, 7) is 2.98. The molecule has 1 aromatic carbocycles. The molecule has 8 heteroatoms. The molecule has 2 saturated carbocycles. The van der Waals surface area contributed by atoms with Crippen LogP contribution < -0.4 is 15.4 Å². The minimum absolute atomic E-state index is 0.0563. The Balaban J connectivity index is 1.43. The van der Waals surface area contributed by atoms with Crippen molar-refractivity contribution in [3.05, 3.63) is 63.3 Å². The second-order valence-corrected chi connectivity index (χ2v) is 10.8. The molecule has 0 atom stereocenters. The van der Waals surface area contributed by atoms with Gasteiger partial charge in [-0.15, -0.1) is 0 Å². The Bertz CT molecular complexity index is 1500. The lowest BCUT2D eigenvalue weighted by Crippen LogP contribution is -2.46. The van der Waals surface area contributed by atoms with Crippen molar-refractivity contribution in [2.75, 3.05) is 23.4 Å². The molecule has 0 bridgehead atoms. The van der Waals surface area contributed by atoms with Crippen molar-refractivity contribution in [2.45, 2.75) is 64.0 Å². The zero-order valence-corrected chi connectivity index (χ0v) is 22.2. The SMILES string of the molecule is Cc1cc(F)ccc1N(CC1CCC1)[C@H]1CC[C@H](N(C)c2c(C#N)c(=O)n(C)c3ccc(C#N)nc23)CC1. The standard InChI is InChI=1S/C30H33FN6O/c1-19-15-21(31)7-13-26(19)37(18-20-5-4-6-20)24-11-9-23(10-12-24)35(2)29-25(17-33)30(38)36(3)27-14-8-22(16-32)34-28(27)29/h7-8,13-15,20,23-24H,4-6,9-12,18H2,1-3H3/t23-,24-. The van der Waals surface area contributed by atoms with Crippen LogP contribution >= 0.6 is 0 Å². The summed E-state index contributed by atoms with van der Waals surface area (Å²) < 4.78 is 15.3. The Kier molecular flexibility index (Phi) is 7.08. The van der Waals surface area contributed by atoms with E-state index in [1.807, 2.05) is 24.9 Å². The van der Waals surface area contributed by atoms with Gasteiger partial charge in [0.25, 0.3) is 5.56 Å². The van der Waals surface area contributed by atoms with Crippen LogP contribution in [0.3, 0.4) is 0 Å². The van der Waals surface area contributed by atoms with E-state index >= 15 is 0 Å². The van der Waals surface area contributed by atoms with Crippen LogP contribution in [0.2, 0.25) is 0 Å². The monoisotopic (exact) mass is 512 g/mol. The van der Waals surface area contributed by atoms with E-state index in [0.29, 0.717) is 28.7 Å². The summed E-state index contributed by atoms with van der Waals surface area (Å²) >= 11 is 0. The molecule has 2 fully saturated rings. The Morgan fingerprint density at radius 2 is 1.76 bits per heavy atom. The fourth-order valence-corrected chi connectivity index (χ4v) is 6.18. The Morgan fingerprint density at radius 1 is 1.05 bits per heavy atom. The first kappa shape index (κ1) is 25.7. The minimum Gasteiger partial charge on any atom is -0.369 e. The molecule has 2 aromatic heterocycles. The Hall–Kier alpha value is -3.91. The molecule has 0 aliphatic heterocycles. The molecule has 38 heavy (non-hydrogen) atoms. The Labute approximate surface area is 222 Å². The Morgan fingerprint density at radius 3 is 2.37 bits per heavy atom. The number of fused-ring (bicyclic) bond motifs is 1. The van der Waals surface area contributed by atoms with Gasteiger partial charge in [-0.2, -0.15) is 10.5 Å². The van der Waals surface area contributed by atoms with Crippen LogP contribution in [0.5, 0.6) is 0 Å². The van der Waals surface area contributed by atoms with Gasteiger partial charge in [-0.3, -0.25) is 4.79 Å². The van der Waals surface area contributed by atoms with Gasteiger partial charge < -0.3 is 14.4 Å². The van der Waals surface area contributed by atoms with E-state index in [2.05, 4.69) is 22.0 Å². The highest BCUT2D eigenvalue weighted by molar-refractivity contribution is 5.92. The van der Waals surface area contributed by atoms with Crippen molar-refractivity contribution in [1.29, 1.82) is 10.5 Å². The molecule has 0 radical (unpaired) electrons. The number of aromatic nitrogens is 2. The maximum Gasteiger partial charge on any atom is 0.270 e. The molecule has 2 heterocycles. The van der Waals surface area contributed by atoms with Gasteiger partial charge in [0, 0.05) is 38.4 Å². The van der Waals surface area contributed by atoms with Gasteiger partial charge in [0.2, 0.25) is 0 Å². The van der Waals surface area contributed by atoms with E-state index in [4.69, 9.17) is 0 Å². The van der Waals surface area contributed by atoms with Crippen molar-refractivity contribution < 1.29 is 4.39 Å². The van der Waals surface area contributed by atoms with Crippen molar-refractivity contribution in [3.8, 4) is 12.1 Å². The molecule has 3 aromatic rings. The third-order valence-corrected chi connectivity index (χ3v) is 8.60.